The molecule has 0 saturated carbocycles. The molecule has 0 aliphatic rings. The smallest absolute Gasteiger partial charge is 0.237 e. The van der Waals surface area contributed by atoms with Gasteiger partial charge in [-0.15, -0.1) is 11.8 Å². The molecule has 1 unspecified atom stereocenters. The molecule has 20 heavy (non-hydrogen) atoms. The van der Waals surface area contributed by atoms with Crippen molar-refractivity contribution in [3.63, 3.8) is 0 Å². The molecule has 3 nitrogen and oxygen atoms in total. The minimum Gasteiger partial charge on any atom is -0.325 e. The molecular formula is C16H22N2OS. The van der Waals surface area contributed by atoms with Crippen molar-refractivity contribution in [1.29, 1.82) is 5.26 Å². The summed E-state index contributed by atoms with van der Waals surface area (Å²) in [6.07, 6.45) is 2.28. The monoisotopic (exact) mass is 290 g/mol. The van der Waals surface area contributed by atoms with Crippen molar-refractivity contribution in [2.24, 2.45) is 0 Å². The van der Waals surface area contributed by atoms with Crippen LogP contribution in [0.15, 0.2) is 18.2 Å². The van der Waals surface area contributed by atoms with Gasteiger partial charge in [0.15, 0.2) is 0 Å². The molecule has 0 aliphatic carbocycles. The van der Waals surface area contributed by atoms with Crippen molar-refractivity contribution in [3.8, 4) is 6.07 Å². The summed E-state index contributed by atoms with van der Waals surface area (Å²) in [5, 5.41) is 11.4. The Labute approximate surface area is 125 Å². The van der Waals surface area contributed by atoms with Gasteiger partial charge in [-0.1, -0.05) is 32.0 Å². The predicted molar refractivity (Wildman–Crippen MR) is 86.0 cm³/mol. The van der Waals surface area contributed by atoms with Gasteiger partial charge in [0, 0.05) is 17.9 Å². The molecule has 0 aliphatic heterocycles. The van der Waals surface area contributed by atoms with Crippen molar-refractivity contribution in [2.75, 3.05) is 11.1 Å². The van der Waals surface area contributed by atoms with Crippen LogP contribution in [-0.2, 0) is 17.6 Å². The Morgan fingerprint density at radius 3 is 2.45 bits per heavy atom. The molecule has 1 aromatic carbocycles. The van der Waals surface area contributed by atoms with Crippen LogP contribution in [0, 0.1) is 11.3 Å². The fraction of sp³-hybridized carbons (Fsp3) is 0.500. The third-order valence-electron chi connectivity index (χ3n) is 3.20. The van der Waals surface area contributed by atoms with Crippen LogP contribution in [0.5, 0.6) is 0 Å². The van der Waals surface area contributed by atoms with Crippen LogP contribution in [0.1, 0.15) is 38.3 Å². The van der Waals surface area contributed by atoms with E-state index in [-0.39, 0.29) is 11.2 Å². The maximum Gasteiger partial charge on any atom is 0.237 e. The fourth-order valence-corrected chi connectivity index (χ4v) is 2.76. The molecule has 0 heterocycles. The maximum atomic E-state index is 12.2. The van der Waals surface area contributed by atoms with E-state index in [1.165, 1.54) is 22.9 Å². The Morgan fingerprint density at radius 2 is 1.95 bits per heavy atom. The molecule has 0 radical (unpaired) electrons. The first-order valence-corrected chi connectivity index (χ1v) is 8.09. The van der Waals surface area contributed by atoms with E-state index in [1.807, 2.05) is 13.0 Å². The average molecular weight is 290 g/mol. The van der Waals surface area contributed by atoms with Crippen LogP contribution in [0.3, 0.4) is 0 Å². The van der Waals surface area contributed by atoms with Gasteiger partial charge in [-0.05, 0) is 30.9 Å². The summed E-state index contributed by atoms with van der Waals surface area (Å²) in [6, 6.07) is 8.25. The number of nitriles is 1. The van der Waals surface area contributed by atoms with Gasteiger partial charge in [-0.3, -0.25) is 4.79 Å². The second-order valence-electron chi connectivity index (χ2n) is 4.57. The van der Waals surface area contributed by atoms with E-state index in [4.69, 9.17) is 5.26 Å². The van der Waals surface area contributed by atoms with Gasteiger partial charge in [0.25, 0.3) is 0 Å². The van der Waals surface area contributed by atoms with E-state index in [0.717, 1.165) is 18.5 Å². The quantitative estimate of drug-likeness (QED) is 0.777. The number of aryl methyl sites for hydroxylation is 2. The van der Waals surface area contributed by atoms with Crippen LogP contribution >= 0.6 is 11.8 Å². The van der Waals surface area contributed by atoms with Crippen molar-refractivity contribution in [2.45, 2.75) is 45.3 Å². The second-order valence-corrected chi connectivity index (χ2v) is 6.02. The number of nitrogens with zero attached hydrogens (tertiary/aromatic N) is 1. The van der Waals surface area contributed by atoms with Crippen molar-refractivity contribution < 1.29 is 4.79 Å². The zero-order chi connectivity index (χ0) is 15.0. The number of benzene rings is 1. The minimum absolute atomic E-state index is 0.0172. The first-order chi connectivity index (χ1) is 9.63. The van der Waals surface area contributed by atoms with Crippen molar-refractivity contribution in [3.05, 3.63) is 29.3 Å². The van der Waals surface area contributed by atoms with Gasteiger partial charge in [-0.25, -0.2) is 0 Å². The van der Waals surface area contributed by atoms with Crippen LogP contribution in [0.25, 0.3) is 0 Å². The number of para-hydroxylation sites is 1. The summed E-state index contributed by atoms with van der Waals surface area (Å²) >= 11 is 1.52. The van der Waals surface area contributed by atoms with Crippen LogP contribution in [0.4, 0.5) is 5.69 Å². The third-order valence-corrected chi connectivity index (χ3v) is 4.35. The van der Waals surface area contributed by atoms with Gasteiger partial charge >= 0.3 is 0 Å². The number of amides is 1. The van der Waals surface area contributed by atoms with E-state index >= 15 is 0 Å². The zero-order valence-electron chi connectivity index (χ0n) is 12.4. The highest BCUT2D eigenvalue weighted by molar-refractivity contribution is 8.00. The summed E-state index contributed by atoms with van der Waals surface area (Å²) in [4.78, 5) is 12.2. The lowest BCUT2D eigenvalue weighted by Gasteiger charge is -2.17. The SMILES string of the molecule is CCc1cccc(CC)c1NC(=O)C(C)SCCC#N. The molecule has 4 heteroatoms. The number of hydrogen-bond donors (Lipinski definition) is 1. The summed E-state index contributed by atoms with van der Waals surface area (Å²) in [7, 11) is 0. The third kappa shape index (κ3) is 4.57. The standard InChI is InChI=1S/C16H22N2OS/c1-4-13-8-6-9-14(5-2)15(13)18-16(19)12(3)20-11-7-10-17/h6,8-9,12H,4-5,7,11H2,1-3H3,(H,18,19). The number of rotatable bonds is 7. The highest BCUT2D eigenvalue weighted by Gasteiger charge is 2.16. The van der Waals surface area contributed by atoms with E-state index < -0.39 is 0 Å². The number of carbonyl (C=O) groups excluding carboxylic acids is 1. The van der Waals surface area contributed by atoms with Crippen molar-refractivity contribution in [1.82, 2.24) is 0 Å². The van der Waals surface area contributed by atoms with Crippen molar-refractivity contribution >= 4 is 23.4 Å². The summed E-state index contributed by atoms with van der Waals surface area (Å²) in [6.45, 7) is 6.07. The molecule has 1 atom stereocenters. The largest absolute Gasteiger partial charge is 0.325 e. The molecule has 0 spiro atoms. The van der Waals surface area contributed by atoms with E-state index in [1.54, 1.807) is 0 Å². The fourth-order valence-electron chi connectivity index (χ4n) is 1.98. The Bertz CT molecular complexity index is 471. The van der Waals surface area contributed by atoms with Gasteiger partial charge in [0.2, 0.25) is 5.91 Å². The van der Waals surface area contributed by atoms with E-state index in [0.29, 0.717) is 12.2 Å². The molecule has 1 N–H and O–H groups in total. The molecule has 108 valence electrons. The highest BCUT2D eigenvalue weighted by Crippen LogP contribution is 2.24. The first kappa shape index (κ1) is 16.6. The second kappa shape index (κ2) is 8.65. The molecule has 1 aromatic rings. The predicted octanol–water partition coefficient (Wildman–Crippen LogP) is 3.79. The van der Waals surface area contributed by atoms with Gasteiger partial charge in [0.1, 0.15) is 0 Å². The highest BCUT2D eigenvalue weighted by atomic mass is 32.2. The number of nitrogens with one attached hydrogen (secondary N) is 1. The van der Waals surface area contributed by atoms with Gasteiger partial charge in [-0.2, -0.15) is 5.26 Å². The summed E-state index contributed by atoms with van der Waals surface area (Å²) < 4.78 is 0. The Hall–Kier alpha value is -1.47. The lowest BCUT2D eigenvalue weighted by atomic mass is 10.0. The molecule has 1 rings (SSSR count). The van der Waals surface area contributed by atoms with Gasteiger partial charge < -0.3 is 5.32 Å². The normalized spacial score (nSPS) is 11.7. The molecule has 0 bridgehead atoms. The minimum atomic E-state index is -0.141. The van der Waals surface area contributed by atoms with E-state index in [2.05, 4.69) is 37.4 Å². The summed E-state index contributed by atoms with van der Waals surface area (Å²) in [5.41, 5.74) is 3.31. The number of carbonyl (C=O) groups is 1. The maximum absolute atomic E-state index is 12.2. The molecule has 0 aromatic heterocycles. The van der Waals surface area contributed by atoms with Crippen LogP contribution < -0.4 is 5.32 Å². The molecular weight excluding hydrogens is 268 g/mol. The lowest BCUT2D eigenvalue weighted by Crippen LogP contribution is -2.24. The van der Waals surface area contributed by atoms with Crippen LogP contribution in [-0.4, -0.2) is 16.9 Å². The Balaban J connectivity index is 2.77. The first-order valence-electron chi connectivity index (χ1n) is 7.04. The summed E-state index contributed by atoms with van der Waals surface area (Å²) in [5.74, 6) is 0.713. The van der Waals surface area contributed by atoms with Gasteiger partial charge in [0.05, 0.1) is 11.3 Å². The molecule has 0 saturated heterocycles. The average Bonchev–Trinajstić information content (AvgIpc) is 2.47. The zero-order valence-corrected chi connectivity index (χ0v) is 13.2. The lowest BCUT2D eigenvalue weighted by molar-refractivity contribution is -0.115. The molecule has 0 fully saturated rings. The Morgan fingerprint density at radius 1 is 1.35 bits per heavy atom. The Kier molecular flexibility index (Phi) is 7.17. The van der Waals surface area contributed by atoms with E-state index in [9.17, 15) is 4.79 Å². The molecule has 1 amide bonds. The number of anilines is 1. The topological polar surface area (TPSA) is 52.9 Å². The van der Waals surface area contributed by atoms with Crippen LogP contribution in [0.2, 0.25) is 0 Å². The number of hydrogen-bond acceptors (Lipinski definition) is 3. The number of thioether (sulfide) groups is 1.